The maximum Gasteiger partial charge on any atom is 0.00783 e. The normalized spacial score (nSPS) is 11.1. The van der Waals surface area contributed by atoms with Gasteiger partial charge in [-0.2, -0.15) is 0 Å². The fraction of sp³-hybridized carbons (Fsp3) is 0.444. The van der Waals surface area contributed by atoms with Gasteiger partial charge in [-0.25, -0.2) is 0 Å². The van der Waals surface area contributed by atoms with Gasteiger partial charge in [-0.15, -0.1) is 23.5 Å². The number of thioether (sulfide) groups is 2. The first-order valence-electron chi connectivity index (χ1n) is 7.63. The van der Waals surface area contributed by atoms with Crippen molar-refractivity contribution in [3.05, 3.63) is 36.4 Å². The standard InChI is InChI=1S/C18H24S2/c1-3-5-11-19-17-9-7-15-8-10-18(14-16(15)13-17)20-12-6-4-2/h7-10,13-14H,3-6,11-12H2,1-2H3. The first-order valence-corrected chi connectivity index (χ1v) is 9.60. The van der Waals surface area contributed by atoms with Gasteiger partial charge in [0, 0.05) is 9.79 Å². The summed E-state index contributed by atoms with van der Waals surface area (Å²) >= 11 is 3.96. The molecule has 2 aromatic rings. The molecule has 0 aliphatic rings. The van der Waals surface area contributed by atoms with E-state index in [1.807, 2.05) is 23.5 Å². The van der Waals surface area contributed by atoms with E-state index in [2.05, 4.69) is 50.2 Å². The third-order valence-corrected chi connectivity index (χ3v) is 5.48. The van der Waals surface area contributed by atoms with Crippen LogP contribution in [-0.2, 0) is 0 Å². The van der Waals surface area contributed by atoms with E-state index in [-0.39, 0.29) is 0 Å². The Balaban J connectivity index is 2.08. The summed E-state index contributed by atoms with van der Waals surface area (Å²) in [7, 11) is 0. The van der Waals surface area contributed by atoms with Crippen molar-refractivity contribution in [2.75, 3.05) is 11.5 Å². The summed E-state index contributed by atoms with van der Waals surface area (Å²) in [4.78, 5) is 2.81. The Kier molecular flexibility index (Phi) is 6.81. The van der Waals surface area contributed by atoms with Gasteiger partial charge in [0.25, 0.3) is 0 Å². The molecule has 0 fully saturated rings. The molecule has 20 heavy (non-hydrogen) atoms. The number of hydrogen-bond acceptors (Lipinski definition) is 2. The molecule has 0 aliphatic heterocycles. The molecule has 0 nitrogen and oxygen atoms in total. The molecule has 2 aromatic carbocycles. The van der Waals surface area contributed by atoms with Crippen LogP contribution in [0.4, 0.5) is 0 Å². The van der Waals surface area contributed by atoms with Crippen LogP contribution in [0.2, 0.25) is 0 Å². The SMILES string of the molecule is CCCCSc1ccc2ccc(SCCCC)cc2c1. The van der Waals surface area contributed by atoms with Crippen LogP contribution in [-0.4, -0.2) is 11.5 Å². The lowest BCUT2D eigenvalue weighted by Crippen LogP contribution is -1.82. The highest BCUT2D eigenvalue weighted by atomic mass is 32.2. The van der Waals surface area contributed by atoms with Gasteiger partial charge < -0.3 is 0 Å². The van der Waals surface area contributed by atoms with Gasteiger partial charge in [0.15, 0.2) is 0 Å². The van der Waals surface area contributed by atoms with E-state index >= 15 is 0 Å². The van der Waals surface area contributed by atoms with Crippen molar-refractivity contribution in [1.82, 2.24) is 0 Å². The molecule has 0 heterocycles. The zero-order valence-corrected chi connectivity index (χ0v) is 14.2. The smallest absolute Gasteiger partial charge is 0.00783 e. The number of benzene rings is 2. The maximum absolute atomic E-state index is 2.35. The summed E-state index contributed by atoms with van der Waals surface area (Å²) in [5, 5.41) is 2.73. The zero-order valence-electron chi connectivity index (χ0n) is 12.5. The Morgan fingerprint density at radius 2 is 1.20 bits per heavy atom. The van der Waals surface area contributed by atoms with Crippen molar-refractivity contribution in [1.29, 1.82) is 0 Å². The second-order valence-corrected chi connectivity index (χ2v) is 7.41. The summed E-state index contributed by atoms with van der Waals surface area (Å²) in [6.07, 6.45) is 5.16. The van der Waals surface area contributed by atoms with Crippen LogP contribution < -0.4 is 0 Å². The van der Waals surface area contributed by atoms with Crippen LogP contribution in [0.5, 0.6) is 0 Å². The topological polar surface area (TPSA) is 0 Å². The van der Waals surface area contributed by atoms with Gasteiger partial charge in [0.2, 0.25) is 0 Å². The van der Waals surface area contributed by atoms with E-state index in [9.17, 15) is 0 Å². The number of rotatable bonds is 8. The molecule has 0 N–H and O–H groups in total. The minimum absolute atomic E-state index is 1.23. The van der Waals surface area contributed by atoms with Crippen molar-refractivity contribution in [3.63, 3.8) is 0 Å². The quantitative estimate of drug-likeness (QED) is 0.397. The summed E-state index contributed by atoms with van der Waals surface area (Å²) in [5.41, 5.74) is 0. The zero-order chi connectivity index (χ0) is 14.2. The Hall–Kier alpha value is -0.600. The number of fused-ring (bicyclic) bond motifs is 1. The predicted molar refractivity (Wildman–Crippen MR) is 95.2 cm³/mol. The highest BCUT2D eigenvalue weighted by Gasteiger charge is 2.00. The third-order valence-electron chi connectivity index (χ3n) is 3.32. The third kappa shape index (κ3) is 4.75. The molecule has 0 aliphatic carbocycles. The molecule has 0 spiro atoms. The summed E-state index contributed by atoms with van der Waals surface area (Å²) in [6, 6.07) is 13.7. The maximum atomic E-state index is 2.35. The van der Waals surface area contributed by atoms with Gasteiger partial charge in [-0.05, 0) is 59.4 Å². The lowest BCUT2D eigenvalue weighted by atomic mass is 10.1. The van der Waals surface area contributed by atoms with E-state index in [0.717, 1.165) is 0 Å². The van der Waals surface area contributed by atoms with Crippen LogP contribution in [0, 0.1) is 0 Å². The first kappa shape index (κ1) is 15.8. The van der Waals surface area contributed by atoms with Crippen LogP contribution in [0.1, 0.15) is 39.5 Å². The molecule has 0 unspecified atom stereocenters. The minimum Gasteiger partial charge on any atom is -0.126 e. The Bertz CT molecular complexity index is 489. The van der Waals surface area contributed by atoms with Gasteiger partial charge in [0.05, 0.1) is 0 Å². The monoisotopic (exact) mass is 304 g/mol. The van der Waals surface area contributed by atoms with E-state index in [1.54, 1.807) is 0 Å². The van der Waals surface area contributed by atoms with E-state index < -0.39 is 0 Å². The molecule has 0 saturated carbocycles. The molecule has 0 atom stereocenters. The van der Waals surface area contributed by atoms with Crippen LogP contribution in [0.15, 0.2) is 46.2 Å². The fourth-order valence-corrected chi connectivity index (χ4v) is 4.14. The average Bonchev–Trinajstić information content (AvgIpc) is 2.47. The number of unbranched alkanes of at least 4 members (excludes halogenated alkanes) is 2. The molecule has 0 aromatic heterocycles. The Morgan fingerprint density at radius 1 is 0.700 bits per heavy atom. The highest BCUT2D eigenvalue weighted by molar-refractivity contribution is 7.99. The summed E-state index contributed by atoms with van der Waals surface area (Å²) in [6.45, 7) is 4.50. The van der Waals surface area contributed by atoms with Crippen molar-refractivity contribution in [3.8, 4) is 0 Å². The van der Waals surface area contributed by atoms with Gasteiger partial charge >= 0.3 is 0 Å². The minimum atomic E-state index is 1.23. The summed E-state index contributed by atoms with van der Waals surface area (Å²) < 4.78 is 0. The van der Waals surface area contributed by atoms with Crippen LogP contribution >= 0.6 is 23.5 Å². The van der Waals surface area contributed by atoms with E-state index in [1.165, 1.54) is 57.8 Å². The lowest BCUT2D eigenvalue weighted by Gasteiger charge is -2.06. The second kappa shape index (κ2) is 8.63. The van der Waals surface area contributed by atoms with Gasteiger partial charge in [0.1, 0.15) is 0 Å². The van der Waals surface area contributed by atoms with Crippen LogP contribution in [0.3, 0.4) is 0 Å². The molecule has 108 valence electrons. The molecule has 0 radical (unpaired) electrons. The molecule has 2 heteroatoms. The molecule has 0 amide bonds. The van der Waals surface area contributed by atoms with Gasteiger partial charge in [-0.3, -0.25) is 0 Å². The van der Waals surface area contributed by atoms with Crippen molar-refractivity contribution in [2.45, 2.75) is 49.3 Å². The first-order chi connectivity index (χ1) is 9.83. The van der Waals surface area contributed by atoms with Gasteiger partial charge in [-0.1, -0.05) is 38.8 Å². The molecule has 0 bridgehead atoms. The van der Waals surface area contributed by atoms with Crippen LogP contribution in [0.25, 0.3) is 10.8 Å². The largest absolute Gasteiger partial charge is 0.126 e. The average molecular weight is 305 g/mol. The molecule has 0 saturated heterocycles. The Labute approximate surface area is 131 Å². The van der Waals surface area contributed by atoms with E-state index in [4.69, 9.17) is 0 Å². The number of hydrogen-bond donors (Lipinski definition) is 0. The molecular weight excluding hydrogens is 280 g/mol. The van der Waals surface area contributed by atoms with Crippen molar-refractivity contribution < 1.29 is 0 Å². The second-order valence-electron chi connectivity index (χ2n) is 5.07. The Morgan fingerprint density at radius 3 is 1.65 bits per heavy atom. The lowest BCUT2D eigenvalue weighted by molar-refractivity contribution is 0.896. The molecular formula is C18H24S2. The molecule has 2 rings (SSSR count). The fourth-order valence-electron chi connectivity index (χ4n) is 2.05. The predicted octanol–water partition coefficient (Wildman–Crippen LogP) is 6.62. The van der Waals surface area contributed by atoms with Crippen molar-refractivity contribution >= 4 is 34.3 Å². The highest BCUT2D eigenvalue weighted by Crippen LogP contribution is 2.28. The summed E-state index contributed by atoms with van der Waals surface area (Å²) in [5.74, 6) is 2.46. The van der Waals surface area contributed by atoms with Crippen molar-refractivity contribution in [2.24, 2.45) is 0 Å². The van der Waals surface area contributed by atoms with E-state index in [0.29, 0.717) is 0 Å².